The van der Waals surface area contributed by atoms with E-state index in [-0.39, 0.29) is 0 Å². The Hall–Kier alpha value is -2.55. The number of fused-ring (bicyclic) bond motifs is 1. The van der Waals surface area contributed by atoms with Crippen LogP contribution in [-0.2, 0) is 4.79 Å². The molecule has 100 valence electrons. The molecule has 0 amide bonds. The van der Waals surface area contributed by atoms with Crippen molar-refractivity contribution in [3.63, 3.8) is 0 Å². The van der Waals surface area contributed by atoms with Gasteiger partial charge in [-0.25, -0.2) is 0 Å². The van der Waals surface area contributed by atoms with E-state index in [0.29, 0.717) is 0 Å². The van der Waals surface area contributed by atoms with E-state index < -0.39 is 0 Å². The minimum atomic E-state index is 0.887. The van der Waals surface area contributed by atoms with Crippen molar-refractivity contribution in [2.24, 2.45) is 0 Å². The molecule has 3 aromatic rings. The van der Waals surface area contributed by atoms with Crippen molar-refractivity contribution in [3.05, 3.63) is 54.6 Å². The summed E-state index contributed by atoms with van der Waals surface area (Å²) in [5.74, 6) is 0. The third-order valence-electron chi connectivity index (χ3n) is 3.48. The van der Waals surface area contributed by atoms with E-state index in [4.69, 9.17) is 0 Å². The van der Waals surface area contributed by atoms with E-state index in [1.54, 1.807) is 4.57 Å². The number of aromatic nitrogens is 1. The molecule has 0 aliphatic rings. The first-order chi connectivity index (χ1) is 9.74. The highest BCUT2D eigenvalue weighted by Gasteiger charge is 2.19. The average Bonchev–Trinajstić information content (AvgIpc) is 2.82. The summed E-state index contributed by atoms with van der Waals surface area (Å²) in [5, 5.41) is 1.09. The number of hydrogen-bond donors (Lipinski definition) is 0. The first-order valence-electron chi connectivity index (χ1n) is 6.55. The van der Waals surface area contributed by atoms with Crippen LogP contribution in [0, 0.1) is 0 Å². The topological polar surface area (TPSA) is 25.2 Å². The largest absolute Gasteiger partial charge is 0.375 e. The van der Waals surface area contributed by atoms with Crippen molar-refractivity contribution in [1.82, 2.24) is 4.57 Å². The molecule has 0 aliphatic carbocycles. The molecule has 3 nitrogen and oxygen atoms in total. The smallest absolute Gasteiger partial charge is 0.218 e. The quantitative estimate of drug-likeness (QED) is 0.677. The molecule has 0 bridgehead atoms. The van der Waals surface area contributed by atoms with Gasteiger partial charge in [0.1, 0.15) is 0 Å². The molecule has 0 fully saturated rings. The SMILES string of the molecule is CN(C)c1c(-c2ccccc2)n(C=O)c2ccccc12. The second-order valence-electron chi connectivity index (χ2n) is 4.95. The Bertz CT molecular complexity index is 757. The molecule has 0 spiro atoms. The lowest BCUT2D eigenvalue weighted by atomic mass is 10.1. The highest BCUT2D eigenvalue weighted by atomic mass is 16.1. The van der Waals surface area contributed by atoms with Crippen molar-refractivity contribution < 1.29 is 4.79 Å². The van der Waals surface area contributed by atoms with Gasteiger partial charge in [-0.3, -0.25) is 9.36 Å². The van der Waals surface area contributed by atoms with Gasteiger partial charge in [-0.05, 0) is 6.07 Å². The minimum absolute atomic E-state index is 0.887. The van der Waals surface area contributed by atoms with E-state index >= 15 is 0 Å². The zero-order valence-electron chi connectivity index (χ0n) is 11.6. The number of benzene rings is 2. The summed E-state index contributed by atoms with van der Waals surface area (Å²) in [6, 6.07) is 18.0. The molecule has 0 atom stereocenters. The minimum Gasteiger partial charge on any atom is -0.375 e. The molecule has 0 N–H and O–H groups in total. The van der Waals surface area contributed by atoms with E-state index in [2.05, 4.69) is 11.0 Å². The monoisotopic (exact) mass is 264 g/mol. The van der Waals surface area contributed by atoms with Crippen molar-refractivity contribution in [3.8, 4) is 11.3 Å². The maximum atomic E-state index is 11.6. The fraction of sp³-hybridized carbons (Fsp3) is 0.118. The molecule has 3 heteroatoms. The van der Waals surface area contributed by atoms with Crippen LogP contribution >= 0.6 is 0 Å². The molecule has 0 aliphatic heterocycles. The molecule has 0 radical (unpaired) electrons. The molecule has 0 unspecified atom stereocenters. The van der Waals surface area contributed by atoms with E-state index in [9.17, 15) is 4.79 Å². The van der Waals surface area contributed by atoms with E-state index in [1.165, 1.54) is 0 Å². The first-order valence-corrected chi connectivity index (χ1v) is 6.55. The van der Waals surface area contributed by atoms with Gasteiger partial charge in [-0.2, -0.15) is 0 Å². The molecule has 0 saturated heterocycles. The predicted molar refractivity (Wildman–Crippen MR) is 83.8 cm³/mol. The molecule has 1 aromatic heterocycles. The zero-order valence-corrected chi connectivity index (χ0v) is 11.6. The second-order valence-corrected chi connectivity index (χ2v) is 4.95. The number of carbonyl (C=O) groups excluding carboxylic acids is 1. The lowest BCUT2D eigenvalue weighted by Gasteiger charge is -2.15. The predicted octanol–water partition coefficient (Wildman–Crippen LogP) is 3.41. The van der Waals surface area contributed by atoms with Gasteiger partial charge in [0.15, 0.2) is 0 Å². The van der Waals surface area contributed by atoms with Crippen LogP contribution in [-0.4, -0.2) is 25.1 Å². The van der Waals surface area contributed by atoms with Gasteiger partial charge >= 0.3 is 0 Å². The lowest BCUT2D eigenvalue weighted by Crippen LogP contribution is -2.10. The van der Waals surface area contributed by atoms with Crippen LogP contribution in [0.15, 0.2) is 54.6 Å². The van der Waals surface area contributed by atoms with Crippen LogP contribution in [0.2, 0.25) is 0 Å². The molecule has 2 aromatic carbocycles. The summed E-state index contributed by atoms with van der Waals surface area (Å²) in [4.78, 5) is 13.7. The lowest BCUT2D eigenvalue weighted by molar-refractivity contribution is 0.549. The zero-order chi connectivity index (χ0) is 14.1. The summed E-state index contributed by atoms with van der Waals surface area (Å²) in [6.07, 6.45) is 0.887. The van der Waals surface area contributed by atoms with Crippen LogP contribution < -0.4 is 4.90 Å². The summed E-state index contributed by atoms with van der Waals surface area (Å²) in [6.45, 7) is 0. The number of rotatable bonds is 3. The van der Waals surface area contributed by atoms with E-state index in [0.717, 1.165) is 34.3 Å². The first kappa shape index (κ1) is 12.5. The van der Waals surface area contributed by atoms with Crippen molar-refractivity contribution in [2.75, 3.05) is 19.0 Å². The average molecular weight is 264 g/mol. The molecular formula is C17H16N2O. The van der Waals surface area contributed by atoms with Gasteiger partial charge in [-0.1, -0.05) is 48.5 Å². The Kier molecular flexibility index (Phi) is 3.03. The number of nitrogens with zero attached hydrogens (tertiary/aromatic N) is 2. The van der Waals surface area contributed by atoms with Gasteiger partial charge in [0.25, 0.3) is 0 Å². The van der Waals surface area contributed by atoms with E-state index in [1.807, 2.05) is 62.6 Å². The Morgan fingerprint density at radius 3 is 2.25 bits per heavy atom. The third-order valence-corrected chi connectivity index (χ3v) is 3.48. The van der Waals surface area contributed by atoms with Crippen LogP contribution in [0.25, 0.3) is 22.2 Å². The number of hydrogen-bond acceptors (Lipinski definition) is 2. The van der Waals surface area contributed by atoms with Crippen molar-refractivity contribution in [2.45, 2.75) is 0 Å². The van der Waals surface area contributed by atoms with Gasteiger partial charge in [0, 0.05) is 25.0 Å². The molecule has 0 saturated carbocycles. The second kappa shape index (κ2) is 4.85. The van der Waals surface area contributed by atoms with Gasteiger partial charge in [0.2, 0.25) is 6.41 Å². The summed E-state index contributed by atoms with van der Waals surface area (Å²) < 4.78 is 1.72. The highest BCUT2D eigenvalue weighted by Crippen LogP contribution is 2.38. The van der Waals surface area contributed by atoms with Crippen LogP contribution in [0.3, 0.4) is 0 Å². The standard InChI is InChI=1S/C17H16N2O/c1-18(2)17-14-10-6-7-11-15(14)19(12-20)16(17)13-8-4-3-5-9-13/h3-12H,1-2H3. The van der Waals surface area contributed by atoms with Gasteiger partial charge in [-0.15, -0.1) is 0 Å². The third kappa shape index (κ3) is 1.79. The fourth-order valence-corrected chi connectivity index (χ4v) is 2.68. The molecule has 20 heavy (non-hydrogen) atoms. The van der Waals surface area contributed by atoms with Crippen LogP contribution in [0.4, 0.5) is 5.69 Å². The number of anilines is 1. The normalized spacial score (nSPS) is 10.7. The molecular weight excluding hydrogens is 248 g/mol. The van der Waals surface area contributed by atoms with Crippen molar-refractivity contribution in [1.29, 1.82) is 0 Å². The Labute approximate surface area is 118 Å². The van der Waals surface area contributed by atoms with Crippen LogP contribution in [0.5, 0.6) is 0 Å². The Morgan fingerprint density at radius 1 is 0.950 bits per heavy atom. The number of para-hydroxylation sites is 1. The maximum absolute atomic E-state index is 11.6. The van der Waals surface area contributed by atoms with Gasteiger partial charge in [0.05, 0.1) is 16.9 Å². The summed E-state index contributed by atoms with van der Waals surface area (Å²) in [5.41, 5.74) is 3.98. The Morgan fingerprint density at radius 2 is 1.60 bits per heavy atom. The summed E-state index contributed by atoms with van der Waals surface area (Å²) >= 11 is 0. The highest BCUT2D eigenvalue weighted by molar-refractivity contribution is 6.05. The Balaban J connectivity index is 2.46. The van der Waals surface area contributed by atoms with Crippen LogP contribution in [0.1, 0.15) is 0 Å². The molecule has 1 heterocycles. The molecule has 3 rings (SSSR count). The maximum Gasteiger partial charge on any atom is 0.218 e. The summed E-state index contributed by atoms with van der Waals surface area (Å²) in [7, 11) is 4.01. The van der Waals surface area contributed by atoms with Crippen molar-refractivity contribution >= 4 is 23.0 Å². The van der Waals surface area contributed by atoms with Gasteiger partial charge < -0.3 is 4.90 Å². The fourth-order valence-electron chi connectivity index (χ4n) is 2.68. The number of carbonyl (C=O) groups is 1.